The molecule has 0 saturated carbocycles. The number of aryl methyl sites for hydroxylation is 1. The van der Waals surface area contributed by atoms with Crippen LogP contribution in [0.25, 0.3) is 0 Å². The van der Waals surface area contributed by atoms with E-state index < -0.39 is 0 Å². The maximum atomic E-state index is 12.7. The highest BCUT2D eigenvalue weighted by molar-refractivity contribution is 9.10. The van der Waals surface area contributed by atoms with Crippen molar-refractivity contribution in [2.75, 3.05) is 17.2 Å². The standard InChI is InChI=1S/C16H15BrN2O/c1-10-5-6-13(17)12(9-10)16(20)19-8-7-11-14(18)3-2-4-15(11)19/h2-6,9H,7-8,18H2,1H3. The van der Waals surface area contributed by atoms with Crippen molar-refractivity contribution in [1.29, 1.82) is 0 Å². The summed E-state index contributed by atoms with van der Waals surface area (Å²) >= 11 is 3.46. The van der Waals surface area contributed by atoms with E-state index in [0.717, 1.165) is 33.4 Å². The first-order valence-corrected chi connectivity index (χ1v) is 7.32. The Morgan fingerprint density at radius 3 is 2.90 bits per heavy atom. The van der Waals surface area contributed by atoms with E-state index in [1.165, 1.54) is 0 Å². The average molecular weight is 331 g/mol. The molecule has 4 heteroatoms. The van der Waals surface area contributed by atoms with Crippen molar-refractivity contribution in [3.63, 3.8) is 0 Å². The molecule has 20 heavy (non-hydrogen) atoms. The minimum Gasteiger partial charge on any atom is -0.398 e. The van der Waals surface area contributed by atoms with E-state index in [1.807, 2.05) is 48.2 Å². The third-order valence-corrected chi connectivity index (χ3v) is 4.35. The van der Waals surface area contributed by atoms with Crippen LogP contribution in [0.5, 0.6) is 0 Å². The summed E-state index contributed by atoms with van der Waals surface area (Å²) in [7, 11) is 0. The molecule has 1 aliphatic heterocycles. The summed E-state index contributed by atoms with van der Waals surface area (Å²) in [6.45, 7) is 2.67. The lowest BCUT2D eigenvalue weighted by Gasteiger charge is -2.18. The van der Waals surface area contributed by atoms with Crippen LogP contribution in [-0.2, 0) is 6.42 Å². The number of nitrogens with zero attached hydrogens (tertiary/aromatic N) is 1. The number of benzene rings is 2. The lowest BCUT2D eigenvalue weighted by molar-refractivity contribution is 0.0988. The van der Waals surface area contributed by atoms with Crippen LogP contribution in [0.15, 0.2) is 40.9 Å². The summed E-state index contributed by atoms with van der Waals surface area (Å²) in [6.07, 6.45) is 0.817. The molecule has 0 bridgehead atoms. The van der Waals surface area contributed by atoms with Gasteiger partial charge in [-0.1, -0.05) is 17.7 Å². The summed E-state index contributed by atoms with van der Waals surface area (Å²) in [6, 6.07) is 11.5. The fourth-order valence-corrected chi connectivity index (χ4v) is 3.04. The van der Waals surface area contributed by atoms with Gasteiger partial charge in [-0.2, -0.15) is 0 Å². The Hall–Kier alpha value is -1.81. The number of fused-ring (bicyclic) bond motifs is 1. The SMILES string of the molecule is Cc1ccc(Br)c(C(=O)N2CCc3c(N)cccc32)c1. The van der Waals surface area contributed by atoms with Crippen LogP contribution < -0.4 is 10.6 Å². The number of anilines is 2. The van der Waals surface area contributed by atoms with E-state index in [9.17, 15) is 4.79 Å². The minimum absolute atomic E-state index is 0.0184. The van der Waals surface area contributed by atoms with Gasteiger partial charge < -0.3 is 10.6 Å². The van der Waals surface area contributed by atoms with E-state index >= 15 is 0 Å². The molecular formula is C16H15BrN2O. The zero-order chi connectivity index (χ0) is 14.3. The van der Waals surface area contributed by atoms with Crippen LogP contribution >= 0.6 is 15.9 Å². The van der Waals surface area contributed by atoms with Gasteiger partial charge in [-0.05, 0) is 53.5 Å². The molecule has 3 rings (SSSR count). The van der Waals surface area contributed by atoms with Crippen molar-refractivity contribution in [3.8, 4) is 0 Å². The van der Waals surface area contributed by atoms with Gasteiger partial charge in [0.15, 0.2) is 0 Å². The highest BCUT2D eigenvalue weighted by Crippen LogP contribution is 2.34. The number of hydrogen-bond donors (Lipinski definition) is 1. The fraction of sp³-hybridized carbons (Fsp3) is 0.188. The second-order valence-corrected chi connectivity index (χ2v) is 5.89. The molecule has 1 amide bonds. The highest BCUT2D eigenvalue weighted by Gasteiger charge is 2.27. The normalized spacial score (nSPS) is 13.4. The number of nitrogens with two attached hydrogens (primary N) is 1. The van der Waals surface area contributed by atoms with Crippen molar-refractivity contribution >= 4 is 33.2 Å². The molecule has 0 aromatic heterocycles. The summed E-state index contributed by atoms with van der Waals surface area (Å²) in [5.74, 6) is 0.0184. The number of rotatable bonds is 1. The number of halogens is 1. The predicted molar refractivity (Wildman–Crippen MR) is 85.1 cm³/mol. The summed E-state index contributed by atoms with van der Waals surface area (Å²) < 4.78 is 0.824. The maximum absolute atomic E-state index is 12.7. The van der Waals surface area contributed by atoms with Gasteiger partial charge in [0, 0.05) is 28.0 Å². The first-order valence-electron chi connectivity index (χ1n) is 6.53. The second kappa shape index (κ2) is 4.94. The second-order valence-electron chi connectivity index (χ2n) is 5.04. The topological polar surface area (TPSA) is 46.3 Å². The van der Waals surface area contributed by atoms with E-state index in [-0.39, 0.29) is 5.91 Å². The van der Waals surface area contributed by atoms with Gasteiger partial charge >= 0.3 is 0 Å². The van der Waals surface area contributed by atoms with Crippen LogP contribution in [0.4, 0.5) is 11.4 Å². The van der Waals surface area contributed by atoms with Crippen molar-refractivity contribution in [2.24, 2.45) is 0 Å². The Balaban J connectivity index is 2.02. The number of carbonyl (C=O) groups is 1. The molecule has 0 aliphatic carbocycles. The van der Waals surface area contributed by atoms with Crippen molar-refractivity contribution < 1.29 is 4.79 Å². The van der Waals surface area contributed by atoms with Crippen LogP contribution in [0, 0.1) is 6.92 Å². The predicted octanol–water partition coefficient (Wildman–Crippen LogP) is 3.54. The van der Waals surface area contributed by atoms with Gasteiger partial charge in [0.2, 0.25) is 0 Å². The molecule has 0 saturated heterocycles. The number of carbonyl (C=O) groups excluding carboxylic acids is 1. The Kier molecular flexibility index (Phi) is 3.26. The fourth-order valence-electron chi connectivity index (χ4n) is 2.62. The van der Waals surface area contributed by atoms with E-state index in [0.29, 0.717) is 12.1 Å². The van der Waals surface area contributed by atoms with Gasteiger partial charge in [0.05, 0.1) is 5.56 Å². The van der Waals surface area contributed by atoms with Gasteiger partial charge in [0.1, 0.15) is 0 Å². The highest BCUT2D eigenvalue weighted by atomic mass is 79.9. The molecule has 1 heterocycles. The van der Waals surface area contributed by atoms with Crippen LogP contribution in [0.2, 0.25) is 0 Å². The van der Waals surface area contributed by atoms with E-state index in [4.69, 9.17) is 5.73 Å². The lowest BCUT2D eigenvalue weighted by atomic mass is 10.1. The monoisotopic (exact) mass is 330 g/mol. The quantitative estimate of drug-likeness (QED) is 0.813. The molecule has 3 nitrogen and oxygen atoms in total. The first kappa shape index (κ1) is 13.2. The van der Waals surface area contributed by atoms with Crippen LogP contribution in [0.3, 0.4) is 0 Å². The van der Waals surface area contributed by atoms with Gasteiger partial charge in [-0.3, -0.25) is 4.79 Å². The number of hydrogen-bond acceptors (Lipinski definition) is 2. The molecule has 0 spiro atoms. The third-order valence-electron chi connectivity index (χ3n) is 3.66. The molecule has 0 atom stereocenters. The molecule has 2 aromatic rings. The molecule has 2 aromatic carbocycles. The molecule has 2 N–H and O–H groups in total. The maximum Gasteiger partial charge on any atom is 0.259 e. The lowest BCUT2D eigenvalue weighted by Crippen LogP contribution is -2.29. The van der Waals surface area contributed by atoms with Crippen molar-refractivity contribution in [1.82, 2.24) is 0 Å². The average Bonchev–Trinajstić information content (AvgIpc) is 2.86. The molecular weight excluding hydrogens is 316 g/mol. The summed E-state index contributed by atoms with van der Waals surface area (Å²) in [5, 5.41) is 0. The molecule has 0 unspecified atom stereocenters. The van der Waals surface area contributed by atoms with E-state index in [2.05, 4.69) is 15.9 Å². The van der Waals surface area contributed by atoms with Gasteiger partial charge in [0.25, 0.3) is 5.91 Å². The number of amides is 1. The number of nitrogen functional groups attached to an aromatic ring is 1. The molecule has 0 fully saturated rings. The summed E-state index contributed by atoms with van der Waals surface area (Å²) in [5.41, 5.74) is 10.5. The Morgan fingerprint density at radius 2 is 2.10 bits per heavy atom. The summed E-state index contributed by atoms with van der Waals surface area (Å²) in [4.78, 5) is 14.6. The van der Waals surface area contributed by atoms with Crippen molar-refractivity contribution in [3.05, 3.63) is 57.6 Å². The Bertz CT molecular complexity index is 697. The molecule has 0 radical (unpaired) electrons. The van der Waals surface area contributed by atoms with Gasteiger partial charge in [-0.25, -0.2) is 0 Å². The first-order chi connectivity index (χ1) is 9.58. The smallest absolute Gasteiger partial charge is 0.259 e. The van der Waals surface area contributed by atoms with E-state index in [1.54, 1.807) is 0 Å². The van der Waals surface area contributed by atoms with Gasteiger partial charge in [-0.15, -0.1) is 0 Å². The van der Waals surface area contributed by atoms with Crippen molar-refractivity contribution in [2.45, 2.75) is 13.3 Å². The molecule has 1 aliphatic rings. The zero-order valence-electron chi connectivity index (χ0n) is 11.2. The molecule has 102 valence electrons. The third kappa shape index (κ3) is 2.10. The zero-order valence-corrected chi connectivity index (χ0v) is 12.8. The minimum atomic E-state index is 0.0184. The largest absolute Gasteiger partial charge is 0.398 e. The Labute approximate surface area is 126 Å². The van der Waals surface area contributed by atoms with Crippen LogP contribution in [0.1, 0.15) is 21.5 Å². The van der Waals surface area contributed by atoms with Crippen LogP contribution in [-0.4, -0.2) is 12.5 Å². The Morgan fingerprint density at radius 1 is 1.30 bits per heavy atom.